The maximum atomic E-state index is 5.80. The molecular formula is C22H22N4O2. The minimum atomic E-state index is 0.672. The molecule has 4 aromatic rings. The van der Waals surface area contributed by atoms with Crippen molar-refractivity contribution in [2.45, 2.75) is 12.8 Å². The van der Waals surface area contributed by atoms with Gasteiger partial charge in [0.15, 0.2) is 0 Å². The molecule has 2 N–H and O–H groups in total. The smallest absolute Gasteiger partial charge is 0.119 e. The first-order valence-corrected chi connectivity index (χ1v) is 9.34. The van der Waals surface area contributed by atoms with Crippen LogP contribution >= 0.6 is 0 Å². The Bertz CT molecular complexity index is 865. The van der Waals surface area contributed by atoms with Crippen molar-refractivity contribution >= 4 is 0 Å². The predicted molar refractivity (Wildman–Crippen MR) is 108 cm³/mol. The molecule has 0 aliphatic carbocycles. The van der Waals surface area contributed by atoms with E-state index >= 15 is 0 Å². The van der Waals surface area contributed by atoms with Crippen LogP contribution in [0.15, 0.2) is 73.1 Å². The van der Waals surface area contributed by atoms with E-state index in [0.29, 0.717) is 13.2 Å². The number of hydrogen-bond donors (Lipinski definition) is 2. The second-order valence-electron chi connectivity index (χ2n) is 6.39. The van der Waals surface area contributed by atoms with E-state index in [-0.39, 0.29) is 0 Å². The SMILES string of the molecule is c1cc(-c2ccc(OCCCCOc3ccc(-c4ccn[nH]4)cc3)cc2)[nH]n1. The van der Waals surface area contributed by atoms with Crippen LogP contribution in [-0.2, 0) is 0 Å². The van der Waals surface area contributed by atoms with Gasteiger partial charge in [-0.05, 0) is 84.6 Å². The normalized spacial score (nSPS) is 10.7. The predicted octanol–water partition coefficient (Wildman–Crippen LogP) is 4.70. The van der Waals surface area contributed by atoms with Gasteiger partial charge < -0.3 is 9.47 Å². The van der Waals surface area contributed by atoms with E-state index in [4.69, 9.17) is 9.47 Å². The number of aromatic nitrogens is 4. The van der Waals surface area contributed by atoms with Crippen LogP contribution in [-0.4, -0.2) is 33.6 Å². The Balaban J connectivity index is 1.14. The summed E-state index contributed by atoms with van der Waals surface area (Å²) < 4.78 is 11.6. The number of rotatable bonds is 9. The van der Waals surface area contributed by atoms with Crippen molar-refractivity contribution in [3.8, 4) is 34.0 Å². The number of nitrogens with one attached hydrogen (secondary N) is 2. The molecular weight excluding hydrogens is 352 g/mol. The van der Waals surface area contributed by atoms with Gasteiger partial charge >= 0.3 is 0 Å². The monoisotopic (exact) mass is 374 g/mol. The van der Waals surface area contributed by atoms with Gasteiger partial charge in [0, 0.05) is 12.4 Å². The fourth-order valence-electron chi connectivity index (χ4n) is 2.88. The van der Waals surface area contributed by atoms with E-state index < -0.39 is 0 Å². The first kappa shape index (κ1) is 17.9. The van der Waals surface area contributed by atoms with Crippen molar-refractivity contribution in [3.05, 3.63) is 73.1 Å². The minimum Gasteiger partial charge on any atom is -0.494 e. The molecule has 0 spiro atoms. The molecule has 0 radical (unpaired) electrons. The molecule has 2 aromatic carbocycles. The number of ether oxygens (including phenoxy) is 2. The Kier molecular flexibility index (Phi) is 5.68. The molecule has 0 aliphatic rings. The molecule has 0 atom stereocenters. The lowest BCUT2D eigenvalue weighted by Crippen LogP contribution is -2.02. The molecule has 6 heteroatoms. The lowest BCUT2D eigenvalue weighted by Gasteiger charge is -2.08. The van der Waals surface area contributed by atoms with Crippen LogP contribution in [0.3, 0.4) is 0 Å². The van der Waals surface area contributed by atoms with E-state index in [1.54, 1.807) is 12.4 Å². The summed E-state index contributed by atoms with van der Waals surface area (Å²) in [6.45, 7) is 1.34. The molecule has 0 fully saturated rings. The van der Waals surface area contributed by atoms with Gasteiger partial charge in [0.1, 0.15) is 11.5 Å². The number of aromatic amines is 2. The third-order valence-corrected chi connectivity index (χ3v) is 4.41. The third-order valence-electron chi connectivity index (χ3n) is 4.41. The summed E-state index contributed by atoms with van der Waals surface area (Å²) in [5, 5.41) is 13.8. The highest BCUT2D eigenvalue weighted by Crippen LogP contribution is 2.21. The standard InChI is InChI=1S/C22H22N4O2/c1(15-27-19-7-3-17(4-8-19)21-11-13-23-25-21)2-16-28-20-9-5-18(6-10-20)22-12-14-24-26-22/h3-14H,1-2,15-16H2,(H,23,25)(H,24,26). The maximum absolute atomic E-state index is 5.80. The van der Waals surface area contributed by atoms with Gasteiger partial charge in [-0.3, -0.25) is 10.2 Å². The van der Waals surface area contributed by atoms with Crippen molar-refractivity contribution < 1.29 is 9.47 Å². The Morgan fingerprint density at radius 3 is 1.36 bits per heavy atom. The zero-order valence-corrected chi connectivity index (χ0v) is 15.5. The molecule has 142 valence electrons. The average Bonchev–Trinajstić information content (AvgIpc) is 3.46. The van der Waals surface area contributed by atoms with E-state index in [2.05, 4.69) is 20.4 Å². The third kappa shape index (κ3) is 4.59. The minimum absolute atomic E-state index is 0.672. The molecule has 2 heterocycles. The number of benzene rings is 2. The first-order valence-electron chi connectivity index (χ1n) is 9.34. The first-order chi connectivity index (χ1) is 13.9. The highest BCUT2D eigenvalue weighted by Gasteiger charge is 2.01. The number of unbranched alkanes of at least 4 members (excludes halogenated alkanes) is 1. The molecule has 4 rings (SSSR count). The van der Waals surface area contributed by atoms with E-state index in [1.807, 2.05) is 60.7 Å². The molecule has 6 nitrogen and oxygen atoms in total. The fraction of sp³-hybridized carbons (Fsp3) is 0.182. The van der Waals surface area contributed by atoms with Gasteiger partial charge in [0.05, 0.1) is 24.6 Å². The van der Waals surface area contributed by atoms with E-state index in [1.165, 1.54) is 0 Å². The molecule has 0 bridgehead atoms. The van der Waals surface area contributed by atoms with E-state index in [0.717, 1.165) is 46.9 Å². The fourth-order valence-corrected chi connectivity index (χ4v) is 2.88. The van der Waals surface area contributed by atoms with Crippen molar-refractivity contribution in [1.29, 1.82) is 0 Å². The second-order valence-corrected chi connectivity index (χ2v) is 6.39. The maximum Gasteiger partial charge on any atom is 0.119 e. The van der Waals surface area contributed by atoms with Crippen molar-refractivity contribution in [3.63, 3.8) is 0 Å². The zero-order chi connectivity index (χ0) is 19.0. The highest BCUT2D eigenvalue weighted by atomic mass is 16.5. The van der Waals surface area contributed by atoms with Crippen LogP contribution in [0.4, 0.5) is 0 Å². The Labute approximate surface area is 163 Å². The number of H-pyrrole nitrogens is 2. The number of nitrogens with zero attached hydrogens (tertiary/aromatic N) is 2. The molecule has 28 heavy (non-hydrogen) atoms. The van der Waals surface area contributed by atoms with E-state index in [9.17, 15) is 0 Å². The Hall–Kier alpha value is -3.54. The zero-order valence-electron chi connectivity index (χ0n) is 15.5. The average molecular weight is 374 g/mol. The van der Waals surface area contributed by atoms with Gasteiger partial charge in [-0.15, -0.1) is 0 Å². The largest absolute Gasteiger partial charge is 0.494 e. The molecule has 0 saturated heterocycles. The van der Waals surface area contributed by atoms with Crippen LogP contribution < -0.4 is 9.47 Å². The van der Waals surface area contributed by atoms with Gasteiger partial charge in [-0.2, -0.15) is 10.2 Å². The van der Waals surface area contributed by atoms with Gasteiger partial charge in [0.25, 0.3) is 0 Å². The number of hydrogen-bond acceptors (Lipinski definition) is 4. The molecule has 0 aliphatic heterocycles. The summed E-state index contributed by atoms with van der Waals surface area (Å²) >= 11 is 0. The quantitative estimate of drug-likeness (QED) is 0.416. The second kappa shape index (κ2) is 8.90. The summed E-state index contributed by atoms with van der Waals surface area (Å²) in [6, 6.07) is 19.9. The lowest BCUT2D eigenvalue weighted by molar-refractivity contribution is 0.266. The summed E-state index contributed by atoms with van der Waals surface area (Å²) in [5.74, 6) is 1.75. The summed E-state index contributed by atoms with van der Waals surface area (Å²) in [5.41, 5.74) is 4.19. The summed E-state index contributed by atoms with van der Waals surface area (Å²) in [7, 11) is 0. The Morgan fingerprint density at radius 2 is 1.00 bits per heavy atom. The summed E-state index contributed by atoms with van der Waals surface area (Å²) in [6.07, 6.45) is 5.37. The van der Waals surface area contributed by atoms with Gasteiger partial charge in [-0.1, -0.05) is 0 Å². The summed E-state index contributed by atoms with van der Waals surface area (Å²) in [4.78, 5) is 0. The van der Waals surface area contributed by atoms with Crippen LogP contribution in [0, 0.1) is 0 Å². The molecule has 0 saturated carbocycles. The Morgan fingerprint density at radius 1 is 0.571 bits per heavy atom. The highest BCUT2D eigenvalue weighted by molar-refractivity contribution is 5.60. The van der Waals surface area contributed by atoms with Crippen molar-refractivity contribution in [2.75, 3.05) is 13.2 Å². The molecule has 0 amide bonds. The molecule has 2 aromatic heterocycles. The topological polar surface area (TPSA) is 75.8 Å². The molecule has 0 unspecified atom stereocenters. The van der Waals surface area contributed by atoms with Gasteiger partial charge in [0.2, 0.25) is 0 Å². The van der Waals surface area contributed by atoms with Crippen LogP contribution in [0.25, 0.3) is 22.5 Å². The van der Waals surface area contributed by atoms with Gasteiger partial charge in [-0.25, -0.2) is 0 Å². The van der Waals surface area contributed by atoms with Crippen LogP contribution in [0.1, 0.15) is 12.8 Å². The lowest BCUT2D eigenvalue weighted by atomic mass is 10.1. The van der Waals surface area contributed by atoms with Crippen LogP contribution in [0.2, 0.25) is 0 Å². The van der Waals surface area contributed by atoms with Crippen molar-refractivity contribution in [1.82, 2.24) is 20.4 Å². The van der Waals surface area contributed by atoms with Crippen LogP contribution in [0.5, 0.6) is 11.5 Å². The van der Waals surface area contributed by atoms with Crippen molar-refractivity contribution in [2.24, 2.45) is 0 Å².